The average molecular weight is 428 g/mol. The number of carbonyl (C=O) groups is 2. The zero-order chi connectivity index (χ0) is 22.5. The van der Waals surface area contributed by atoms with E-state index in [4.69, 9.17) is 4.74 Å². The molecular weight excluding hydrogens is 406 g/mol. The minimum atomic E-state index is -1.05. The molecular formula is C22H22F2N4O3. The second-order valence-electron chi connectivity index (χ2n) is 6.90. The van der Waals surface area contributed by atoms with Gasteiger partial charge in [-0.3, -0.25) is 14.6 Å². The van der Waals surface area contributed by atoms with Crippen LogP contribution in [-0.2, 0) is 16.0 Å². The molecule has 2 aromatic carbocycles. The molecule has 1 aliphatic rings. The summed E-state index contributed by atoms with van der Waals surface area (Å²) in [6.07, 6.45) is 0.253. The summed E-state index contributed by atoms with van der Waals surface area (Å²) in [4.78, 5) is 30.5. The normalized spacial score (nSPS) is 16.1. The van der Waals surface area contributed by atoms with Crippen LogP contribution in [0.25, 0.3) is 0 Å². The number of anilines is 1. The van der Waals surface area contributed by atoms with Crippen molar-refractivity contribution in [3.05, 3.63) is 71.9 Å². The van der Waals surface area contributed by atoms with Crippen molar-refractivity contribution < 1.29 is 23.1 Å². The number of likely N-dealkylation sites (N-methyl/N-ethyl adjacent to an activating group) is 1. The SMILES string of the molecule is C=C(N/C(Cc1cccc(F)c1)=N\C)C(=O)N[C@H]1COc2cccc(F)c2N(C)C1=O. The Morgan fingerprint density at radius 1 is 1.29 bits per heavy atom. The number of nitrogens with one attached hydrogen (secondary N) is 2. The van der Waals surface area contributed by atoms with Gasteiger partial charge < -0.3 is 20.3 Å². The van der Waals surface area contributed by atoms with Crippen molar-refractivity contribution in [1.29, 1.82) is 0 Å². The maximum Gasteiger partial charge on any atom is 0.267 e. The molecule has 9 heteroatoms. The van der Waals surface area contributed by atoms with E-state index in [1.54, 1.807) is 18.2 Å². The van der Waals surface area contributed by atoms with Gasteiger partial charge in [-0.15, -0.1) is 0 Å². The zero-order valence-corrected chi connectivity index (χ0v) is 17.1. The Kier molecular flexibility index (Phi) is 6.64. The number of halogens is 2. The molecule has 1 aliphatic heterocycles. The lowest BCUT2D eigenvalue weighted by Crippen LogP contribution is -2.51. The van der Waals surface area contributed by atoms with Gasteiger partial charge in [0.2, 0.25) is 0 Å². The van der Waals surface area contributed by atoms with Gasteiger partial charge in [0.25, 0.3) is 11.8 Å². The second-order valence-corrected chi connectivity index (χ2v) is 6.90. The number of amidine groups is 1. The van der Waals surface area contributed by atoms with E-state index >= 15 is 0 Å². The number of hydrogen-bond donors (Lipinski definition) is 2. The first kappa shape index (κ1) is 21.9. The van der Waals surface area contributed by atoms with Gasteiger partial charge in [0.05, 0.1) is 5.70 Å². The quantitative estimate of drug-likeness (QED) is 0.435. The Morgan fingerprint density at radius 3 is 2.74 bits per heavy atom. The first-order chi connectivity index (χ1) is 14.8. The number of ether oxygens (including phenoxy) is 1. The van der Waals surface area contributed by atoms with Crippen molar-refractivity contribution >= 4 is 23.3 Å². The summed E-state index contributed by atoms with van der Waals surface area (Å²) in [6, 6.07) is 9.20. The fraction of sp³-hybridized carbons (Fsp3) is 0.227. The van der Waals surface area contributed by atoms with Gasteiger partial charge in [-0.05, 0) is 29.8 Å². The minimum absolute atomic E-state index is 0.0108. The van der Waals surface area contributed by atoms with Gasteiger partial charge in [-0.25, -0.2) is 8.78 Å². The Labute approximate surface area is 178 Å². The van der Waals surface area contributed by atoms with Gasteiger partial charge >= 0.3 is 0 Å². The van der Waals surface area contributed by atoms with E-state index in [2.05, 4.69) is 22.2 Å². The highest BCUT2D eigenvalue weighted by molar-refractivity contribution is 6.04. The summed E-state index contributed by atoms with van der Waals surface area (Å²) in [5.74, 6) is -1.57. The van der Waals surface area contributed by atoms with Crippen LogP contribution < -0.4 is 20.3 Å². The number of rotatable bonds is 5. The summed E-state index contributed by atoms with van der Waals surface area (Å²) in [5, 5.41) is 5.33. The molecule has 0 radical (unpaired) electrons. The fourth-order valence-electron chi connectivity index (χ4n) is 3.13. The first-order valence-electron chi connectivity index (χ1n) is 9.46. The fourth-order valence-corrected chi connectivity index (χ4v) is 3.13. The van der Waals surface area contributed by atoms with E-state index in [0.717, 1.165) is 4.90 Å². The van der Waals surface area contributed by atoms with E-state index < -0.39 is 23.7 Å². The topological polar surface area (TPSA) is 83.0 Å². The van der Waals surface area contributed by atoms with Crippen molar-refractivity contribution in [3.63, 3.8) is 0 Å². The molecule has 0 saturated heterocycles. The zero-order valence-electron chi connectivity index (χ0n) is 17.1. The predicted molar refractivity (Wildman–Crippen MR) is 113 cm³/mol. The van der Waals surface area contributed by atoms with Crippen LogP contribution in [0.2, 0.25) is 0 Å². The summed E-state index contributed by atoms with van der Waals surface area (Å²) in [6.45, 7) is 3.51. The van der Waals surface area contributed by atoms with Gasteiger partial charge in [0, 0.05) is 20.5 Å². The predicted octanol–water partition coefficient (Wildman–Crippen LogP) is 2.18. The molecule has 162 valence electrons. The monoisotopic (exact) mass is 428 g/mol. The molecule has 2 N–H and O–H groups in total. The number of aliphatic imine (C=N–C) groups is 1. The molecule has 1 atom stereocenters. The summed E-state index contributed by atoms with van der Waals surface area (Å²) in [5.41, 5.74) is 0.618. The molecule has 2 amide bonds. The molecule has 0 aliphatic carbocycles. The van der Waals surface area contributed by atoms with E-state index in [1.165, 1.54) is 38.4 Å². The number of benzene rings is 2. The van der Waals surface area contributed by atoms with Gasteiger partial charge in [0.15, 0.2) is 5.82 Å². The molecule has 0 unspecified atom stereocenters. The van der Waals surface area contributed by atoms with Crippen LogP contribution in [0.3, 0.4) is 0 Å². The molecule has 1 heterocycles. The number of hydrogen-bond acceptors (Lipinski definition) is 4. The highest BCUT2D eigenvalue weighted by Gasteiger charge is 2.32. The highest BCUT2D eigenvalue weighted by atomic mass is 19.1. The summed E-state index contributed by atoms with van der Waals surface area (Å²) < 4.78 is 33.1. The molecule has 0 spiro atoms. The van der Waals surface area contributed by atoms with Crippen molar-refractivity contribution in [2.45, 2.75) is 12.5 Å². The second kappa shape index (κ2) is 9.38. The van der Waals surface area contributed by atoms with Gasteiger partial charge in [-0.2, -0.15) is 0 Å². The molecule has 0 bridgehead atoms. The minimum Gasteiger partial charge on any atom is -0.489 e. The van der Waals surface area contributed by atoms with Crippen LogP contribution in [0.15, 0.2) is 59.7 Å². The van der Waals surface area contributed by atoms with E-state index in [9.17, 15) is 18.4 Å². The summed E-state index contributed by atoms with van der Waals surface area (Å²) in [7, 11) is 2.93. The van der Waals surface area contributed by atoms with Crippen LogP contribution in [0.1, 0.15) is 5.56 Å². The Balaban J connectivity index is 1.64. The molecule has 0 aromatic heterocycles. The molecule has 31 heavy (non-hydrogen) atoms. The Morgan fingerprint density at radius 2 is 2.03 bits per heavy atom. The van der Waals surface area contributed by atoms with E-state index in [0.29, 0.717) is 11.4 Å². The number of para-hydroxylation sites is 1. The van der Waals surface area contributed by atoms with Crippen LogP contribution >= 0.6 is 0 Å². The molecule has 0 fully saturated rings. The first-order valence-corrected chi connectivity index (χ1v) is 9.46. The number of carbonyl (C=O) groups excluding carboxylic acids is 2. The third kappa shape index (κ3) is 5.06. The van der Waals surface area contributed by atoms with E-state index in [-0.39, 0.29) is 36.0 Å². The average Bonchev–Trinajstić information content (AvgIpc) is 2.86. The molecule has 3 rings (SSSR count). The third-order valence-electron chi connectivity index (χ3n) is 4.72. The molecule has 2 aromatic rings. The van der Waals surface area contributed by atoms with Gasteiger partial charge in [0.1, 0.15) is 35.7 Å². The summed E-state index contributed by atoms with van der Waals surface area (Å²) >= 11 is 0. The smallest absolute Gasteiger partial charge is 0.267 e. The lowest BCUT2D eigenvalue weighted by molar-refractivity contribution is -0.126. The highest BCUT2D eigenvalue weighted by Crippen LogP contribution is 2.32. The number of fused-ring (bicyclic) bond motifs is 1. The van der Waals surface area contributed by atoms with Crippen molar-refractivity contribution in [2.75, 3.05) is 25.6 Å². The lowest BCUT2D eigenvalue weighted by atomic mass is 10.1. The number of nitrogens with zero attached hydrogens (tertiary/aromatic N) is 2. The van der Waals surface area contributed by atoms with Crippen molar-refractivity contribution in [1.82, 2.24) is 10.6 Å². The standard InChI is InChI=1S/C22H22F2N4O3/c1-13(26-19(25-2)11-14-6-4-7-15(23)10-14)21(29)27-17-12-31-18-9-5-8-16(24)20(18)28(3)22(17)30/h4-10,17H,1,11-12H2,2-3H3,(H,25,26)(H,27,29)/t17-/m0/s1. The van der Waals surface area contributed by atoms with Crippen molar-refractivity contribution in [3.8, 4) is 5.75 Å². The lowest BCUT2D eigenvalue weighted by Gasteiger charge is -2.21. The largest absolute Gasteiger partial charge is 0.489 e. The maximum atomic E-state index is 14.2. The third-order valence-corrected chi connectivity index (χ3v) is 4.72. The van der Waals surface area contributed by atoms with Gasteiger partial charge in [-0.1, -0.05) is 24.8 Å². The molecule has 7 nitrogen and oxygen atoms in total. The maximum absolute atomic E-state index is 14.2. The Bertz CT molecular complexity index is 1050. The van der Waals surface area contributed by atoms with Crippen LogP contribution in [0.5, 0.6) is 5.75 Å². The number of amides is 2. The molecule has 0 saturated carbocycles. The van der Waals surface area contributed by atoms with Crippen molar-refractivity contribution in [2.24, 2.45) is 4.99 Å². The van der Waals surface area contributed by atoms with Crippen LogP contribution in [0, 0.1) is 11.6 Å². The Hall–Kier alpha value is -3.75. The van der Waals surface area contributed by atoms with E-state index in [1.807, 2.05) is 0 Å². The van der Waals surface area contributed by atoms with Crippen LogP contribution in [-0.4, -0.2) is 44.4 Å². The van der Waals surface area contributed by atoms with Crippen LogP contribution in [0.4, 0.5) is 14.5 Å².